The number of hydrogen-bond donors (Lipinski definition) is 1. The first kappa shape index (κ1) is 12.1. The summed E-state index contributed by atoms with van der Waals surface area (Å²) in [6.45, 7) is 0. The molecule has 0 saturated heterocycles. The van der Waals surface area contributed by atoms with E-state index in [1.165, 1.54) is 6.07 Å². The smallest absolute Gasteiger partial charge is 0.335 e. The number of carboxylic acid groups (broad SMARTS) is 1. The van der Waals surface area contributed by atoms with Gasteiger partial charge in [0.1, 0.15) is 0 Å². The number of carboxylic acids is 1. The Hall–Kier alpha value is -1.97. The lowest BCUT2D eigenvalue weighted by molar-refractivity contribution is -0.129. The van der Waals surface area contributed by atoms with Crippen molar-refractivity contribution in [3.63, 3.8) is 0 Å². The molecule has 0 atom stereocenters. The van der Waals surface area contributed by atoms with Crippen LogP contribution in [0.3, 0.4) is 0 Å². The highest BCUT2D eigenvalue weighted by Gasteiger charge is 2.09. The molecule has 1 rings (SSSR count). The Morgan fingerprint density at radius 1 is 1.25 bits per heavy atom. The van der Waals surface area contributed by atoms with Crippen LogP contribution < -0.4 is 0 Å². The summed E-state index contributed by atoms with van der Waals surface area (Å²) in [7, 11) is 0. The standard InChI is InChI=1S/C12H12O4/c13-8-10(14)6-3-5-9-4-1-2-7-11(9)12(15)16/h1-2,4,7-8H,3,5-6H2,(H,15,16). The first-order valence-corrected chi connectivity index (χ1v) is 4.94. The zero-order chi connectivity index (χ0) is 12.0. The maximum atomic E-state index is 10.9. The van der Waals surface area contributed by atoms with Gasteiger partial charge in [0.25, 0.3) is 0 Å². The third-order valence-corrected chi connectivity index (χ3v) is 2.25. The van der Waals surface area contributed by atoms with Crippen LogP contribution in [0.2, 0.25) is 0 Å². The molecular formula is C12H12O4. The molecule has 0 saturated carbocycles. The first-order valence-electron chi connectivity index (χ1n) is 4.94. The summed E-state index contributed by atoms with van der Waals surface area (Å²) >= 11 is 0. The zero-order valence-corrected chi connectivity index (χ0v) is 8.68. The summed E-state index contributed by atoms with van der Waals surface area (Å²) in [6, 6.07) is 6.65. The molecule has 0 bridgehead atoms. The molecule has 0 amide bonds. The van der Waals surface area contributed by atoms with Crippen molar-refractivity contribution in [1.29, 1.82) is 0 Å². The third-order valence-electron chi connectivity index (χ3n) is 2.25. The third kappa shape index (κ3) is 3.31. The average molecular weight is 220 g/mol. The quantitative estimate of drug-likeness (QED) is 0.582. The van der Waals surface area contributed by atoms with Crippen molar-refractivity contribution in [3.05, 3.63) is 35.4 Å². The summed E-state index contributed by atoms with van der Waals surface area (Å²) in [6.07, 6.45) is 1.43. The zero-order valence-electron chi connectivity index (χ0n) is 8.68. The monoisotopic (exact) mass is 220 g/mol. The summed E-state index contributed by atoms with van der Waals surface area (Å²) in [5.41, 5.74) is 0.940. The fraction of sp³-hybridized carbons (Fsp3) is 0.250. The molecule has 0 aliphatic carbocycles. The van der Waals surface area contributed by atoms with E-state index in [0.29, 0.717) is 24.7 Å². The number of aldehydes is 1. The largest absolute Gasteiger partial charge is 0.478 e. The molecule has 4 heteroatoms. The predicted molar refractivity (Wildman–Crippen MR) is 57.4 cm³/mol. The molecule has 0 heterocycles. The van der Waals surface area contributed by atoms with Gasteiger partial charge in [-0.25, -0.2) is 4.79 Å². The Kier molecular flexibility index (Phi) is 4.39. The highest BCUT2D eigenvalue weighted by molar-refractivity contribution is 6.24. The van der Waals surface area contributed by atoms with Crippen molar-refractivity contribution in [3.8, 4) is 0 Å². The molecule has 4 nitrogen and oxygen atoms in total. The van der Waals surface area contributed by atoms with E-state index in [-0.39, 0.29) is 12.0 Å². The number of hydrogen-bond acceptors (Lipinski definition) is 3. The van der Waals surface area contributed by atoms with Gasteiger partial charge < -0.3 is 5.11 Å². The number of aromatic carboxylic acids is 1. The molecule has 84 valence electrons. The number of ketones is 1. The number of carbonyl (C=O) groups is 3. The molecular weight excluding hydrogens is 208 g/mol. The lowest BCUT2D eigenvalue weighted by atomic mass is 10.0. The van der Waals surface area contributed by atoms with Crippen LogP contribution >= 0.6 is 0 Å². The molecule has 0 aliphatic rings. The summed E-state index contributed by atoms with van der Waals surface area (Å²) in [4.78, 5) is 31.7. The Morgan fingerprint density at radius 2 is 1.94 bits per heavy atom. The lowest BCUT2D eigenvalue weighted by Gasteiger charge is -2.04. The van der Waals surface area contributed by atoms with Gasteiger partial charge >= 0.3 is 5.97 Å². The number of carbonyl (C=O) groups excluding carboxylic acids is 2. The molecule has 1 aromatic rings. The van der Waals surface area contributed by atoms with Gasteiger partial charge in [0, 0.05) is 6.42 Å². The van der Waals surface area contributed by atoms with Crippen LogP contribution in [0.5, 0.6) is 0 Å². The van der Waals surface area contributed by atoms with Crippen LogP contribution in [0.1, 0.15) is 28.8 Å². The molecule has 0 fully saturated rings. The SMILES string of the molecule is O=CC(=O)CCCc1ccccc1C(=O)O. The fourth-order valence-corrected chi connectivity index (χ4v) is 1.46. The highest BCUT2D eigenvalue weighted by atomic mass is 16.4. The van der Waals surface area contributed by atoms with Gasteiger partial charge in [-0.2, -0.15) is 0 Å². The van der Waals surface area contributed by atoms with E-state index in [2.05, 4.69) is 0 Å². The minimum absolute atomic E-state index is 0.164. The summed E-state index contributed by atoms with van der Waals surface area (Å²) in [5.74, 6) is -1.43. The number of Topliss-reactive ketones (excluding diaryl/α,β-unsaturated/α-hetero) is 1. The van der Waals surface area contributed by atoms with Crippen molar-refractivity contribution in [1.82, 2.24) is 0 Å². The Morgan fingerprint density at radius 3 is 2.56 bits per heavy atom. The molecule has 0 aliphatic heterocycles. The maximum absolute atomic E-state index is 10.9. The van der Waals surface area contributed by atoms with Crippen LogP contribution in [-0.4, -0.2) is 23.1 Å². The van der Waals surface area contributed by atoms with Crippen molar-refractivity contribution in [2.75, 3.05) is 0 Å². The van der Waals surface area contributed by atoms with E-state index >= 15 is 0 Å². The van der Waals surface area contributed by atoms with Gasteiger partial charge in [0.2, 0.25) is 0 Å². The van der Waals surface area contributed by atoms with E-state index in [9.17, 15) is 14.4 Å². The minimum Gasteiger partial charge on any atom is -0.478 e. The predicted octanol–water partition coefficient (Wildman–Crippen LogP) is 1.48. The molecule has 1 N–H and O–H groups in total. The van der Waals surface area contributed by atoms with E-state index in [4.69, 9.17) is 5.11 Å². The molecule has 1 aromatic carbocycles. The fourth-order valence-electron chi connectivity index (χ4n) is 1.46. The first-order chi connectivity index (χ1) is 7.65. The van der Waals surface area contributed by atoms with Crippen LogP contribution in [0.4, 0.5) is 0 Å². The van der Waals surface area contributed by atoms with Crippen LogP contribution in [-0.2, 0) is 16.0 Å². The number of rotatable bonds is 6. The second kappa shape index (κ2) is 5.80. The van der Waals surface area contributed by atoms with E-state index < -0.39 is 11.8 Å². The topological polar surface area (TPSA) is 71.4 Å². The Balaban J connectivity index is 2.63. The second-order valence-corrected chi connectivity index (χ2v) is 3.40. The van der Waals surface area contributed by atoms with E-state index in [0.717, 1.165) is 0 Å². The number of aryl methyl sites for hydroxylation is 1. The average Bonchev–Trinajstić information content (AvgIpc) is 2.29. The summed E-state index contributed by atoms with van der Waals surface area (Å²) < 4.78 is 0. The van der Waals surface area contributed by atoms with Gasteiger partial charge in [0.15, 0.2) is 12.1 Å². The number of benzene rings is 1. The van der Waals surface area contributed by atoms with Gasteiger partial charge in [-0.1, -0.05) is 18.2 Å². The van der Waals surface area contributed by atoms with Gasteiger partial charge in [-0.05, 0) is 24.5 Å². The van der Waals surface area contributed by atoms with Gasteiger partial charge in [0.05, 0.1) is 5.56 Å². The van der Waals surface area contributed by atoms with Crippen LogP contribution in [0.25, 0.3) is 0 Å². The van der Waals surface area contributed by atoms with Crippen molar-refractivity contribution >= 4 is 18.0 Å². The van der Waals surface area contributed by atoms with Crippen molar-refractivity contribution < 1.29 is 19.5 Å². The van der Waals surface area contributed by atoms with E-state index in [1.807, 2.05) is 0 Å². The van der Waals surface area contributed by atoms with Gasteiger partial charge in [-0.15, -0.1) is 0 Å². The van der Waals surface area contributed by atoms with Gasteiger partial charge in [-0.3, -0.25) is 9.59 Å². The molecule has 0 unspecified atom stereocenters. The highest BCUT2D eigenvalue weighted by Crippen LogP contribution is 2.12. The van der Waals surface area contributed by atoms with Crippen LogP contribution in [0, 0.1) is 0 Å². The normalized spacial score (nSPS) is 9.75. The Bertz CT molecular complexity index is 409. The molecule has 16 heavy (non-hydrogen) atoms. The molecule has 0 aromatic heterocycles. The van der Waals surface area contributed by atoms with Crippen molar-refractivity contribution in [2.45, 2.75) is 19.3 Å². The molecule has 0 spiro atoms. The second-order valence-electron chi connectivity index (χ2n) is 3.40. The van der Waals surface area contributed by atoms with Crippen LogP contribution in [0.15, 0.2) is 24.3 Å². The van der Waals surface area contributed by atoms with E-state index in [1.54, 1.807) is 18.2 Å². The lowest BCUT2D eigenvalue weighted by Crippen LogP contribution is -2.04. The maximum Gasteiger partial charge on any atom is 0.335 e. The van der Waals surface area contributed by atoms with Crippen molar-refractivity contribution in [2.24, 2.45) is 0 Å². The Labute approximate surface area is 92.9 Å². The molecule has 0 radical (unpaired) electrons. The minimum atomic E-state index is -0.975. The summed E-state index contributed by atoms with van der Waals surface area (Å²) in [5, 5.41) is 8.90.